The number of carbonyl (C=O) groups excluding carboxylic acids is 1. The number of esters is 1. The molecule has 2 rings (SSSR count). The number of aliphatic hydroxyl groups excluding tert-OH is 7. The molecule has 0 unspecified atom stereocenters. The highest BCUT2D eigenvalue weighted by atomic mass is 16.7. The van der Waals surface area contributed by atoms with Crippen LogP contribution < -0.4 is 0 Å². The second kappa shape index (κ2) is 8.84. The molecule has 0 aromatic heterocycles. The largest absolute Gasteiger partial charge is 0.463 e. The monoisotopic (exact) mass is 384 g/mol. The maximum atomic E-state index is 10.9. The Morgan fingerprint density at radius 2 is 1.54 bits per heavy atom. The highest BCUT2D eigenvalue weighted by Crippen LogP contribution is 2.28. The molecule has 12 heteroatoms. The van der Waals surface area contributed by atoms with Gasteiger partial charge in [0.2, 0.25) is 0 Å². The van der Waals surface area contributed by atoms with Crippen molar-refractivity contribution in [2.24, 2.45) is 0 Å². The SMILES string of the molecule is CC(=O)OC[C@H]1O[C@@H](O)[C@H](O)[C@@H](O[C@H]2O[C@H](CO)[C@@H](O)[C@H](O)[C@H]2O)[C@H]1O. The lowest BCUT2D eigenvalue weighted by Gasteiger charge is -2.45. The molecule has 0 saturated carbocycles. The fourth-order valence-corrected chi connectivity index (χ4v) is 2.75. The standard InChI is InChI=1S/C14H24O12/c1-4(16)23-3-6-8(18)12(11(21)13(22)24-6)26-14-10(20)9(19)7(17)5(2-15)25-14/h5-15,17-22H,2-3H2,1H3/t5-,6-,7-,8+,9+,10-,11-,12+,13-,14-/m1/s1. The van der Waals surface area contributed by atoms with Gasteiger partial charge >= 0.3 is 5.97 Å². The van der Waals surface area contributed by atoms with Crippen molar-refractivity contribution < 1.29 is 59.5 Å². The molecular weight excluding hydrogens is 360 g/mol. The molecule has 2 aliphatic heterocycles. The van der Waals surface area contributed by atoms with Crippen molar-refractivity contribution in [1.82, 2.24) is 0 Å². The van der Waals surface area contributed by atoms with E-state index in [0.29, 0.717) is 0 Å². The van der Waals surface area contributed by atoms with Crippen LogP contribution in [0.2, 0.25) is 0 Å². The van der Waals surface area contributed by atoms with E-state index in [1.54, 1.807) is 0 Å². The van der Waals surface area contributed by atoms with Crippen LogP contribution in [-0.2, 0) is 23.7 Å². The van der Waals surface area contributed by atoms with E-state index in [1.165, 1.54) is 0 Å². The Morgan fingerprint density at radius 1 is 0.885 bits per heavy atom. The average Bonchev–Trinajstić information content (AvgIpc) is 2.60. The predicted molar refractivity (Wildman–Crippen MR) is 78.2 cm³/mol. The topological polar surface area (TPSA) is 196 Å². The van der Waals surface area contributed by atoms with Gasteiger partial charge in [0.05, 0.1) is 6.61 Å². The first-order chi connectivity index (χ1) is 12.2. The number of ether oxygens (including phenoxy) is 4. The normalized spacial score (nSPS) is 46.8. The summed E-state index contributed by atoms with van der Waals surface area (Å²) in [6.07, 6.45) is -15.9. The Balaban J connectivity index is 2.10. The van der Waals surface area contributed by atoms with Crippen LogP contribution in [0, 0.1) is 0 Å². The minimum atomic E-state index is -1.80. The van der Waals surface area contributed by atoms with Gasteiger partial charge in [-0.15, -0.1) is 0 Å². The molecule has 0 aliphatic carbocycles. The number of carbonyl (C=O) groups is 1. The summed E-state index contributed by atoms with van der Waals surface area (Å²) in [4.78, 5) is 10.9. The summed E-state index contributed by atoms with van der Waals surface area (Å²) in [5.41, 5.74) is 0. The van der Waals surface area contributed by atoms with Crippen LogP contribution in [0.4, 0.5) is 0 Å². The van der Waals surface area contributed by atoms with Crippen molar-refractivity contribution in [2.75, 3.05) is 13.2 Å². The highest BCUT2D eigenvalue weighted by molar-refractivity contribution is 5.65. The lowest BCUT2D eigenvalue weighted by molar-refractivity contribution is -0.355. The smallest absolute Gasteiger partial charge is 0.302 e. The molecule has 12 nitrogen and oxygen atoms in total. The van der Waals surface area contributed by atoms with Gasteiger partial charge in [0.15, 0.2) is 12.6 Å². The lowest BCUT2D eigenvalue weighted by Crippen LogP contribution is -2.64. The summed E-state index contributed by atoms with van der Waals surface area (Å²) in [5, 5.41) is 68.6. The second-order valence-corrected chi connectivity index (χ2v) is 6.15. The number of aliphatic hydroxyl groups is 7. The van der Waals surface area contributed by atoms with E-state index in [0.717, 1.165) is 6.92 Å². The van der Waals surface area contributed by atoms with E-state index in [4.69, 9.17) is 24.1 Å². The van der Waals surface area contributed by atoms with E-state index in [1.807, 2.05) is 0 Å². The third-order valence-corrected chi connectivity index (χ3v) is 4.25. The summed E-state index contributed by atoms with van der Waals surface area (Å²) >= 11 is 0. The molecule has 2 aliphatic rings. The summed E-state index contributed by atoms with van der Waals surface area (Å²) < 4.78 is 20.1. The summed E-state index contributed by atoms with van der Waals surface area (Å²) in [6.45, 7) is -0.00136. The molecule has 0 aromatic rings. The number of rotatable bonds is 5. The number of hydrogen-bond acceptors (Lipinski definition) is 12. The summed E-state index contributed by atoms with van der Waals surface area (Å²) in [5.74, 6) is -0.659. The Bertz CT molecular complexity index is 473. The molecule has 152 valence electrons. The van der Waals surface area contributed by atoms with Crippen molar-refractivity contribution in [3.63, 3.8) is 0 Å². The van der Waals surface area contributed by atoms with E-state index in [-0.39, 0.29) is 0 Å². The Hall–Kier alpha value is -0.930. The van der Waals surface area contributed by atoms with Gasteiger partial charge in [-0.25, -0.2) is 0 Å². The first-order valence-corrected chi connectivity index (χ1v) is 7.96. The van der Waals surface area contributed by atoms with Crippen molar-refractivity contribution in [3.05, 3.63) is 0 Å². The lowest BCUT2D eigenvalue weighted by atomic mass is 9.97. The zero-order valence-electron chi connectivity index (χ0n) is 13.9. The molecular formula is C14H24O12. The maximum absolute atomic E-state index is 10.9. The van der Waals surface area contributed by atoms with Gasteiger partial charge in [0.25, 0.3) is 0 Å². The van der Waals surface area contributed by atoms with Gasteiger partial charge in [-0.3, -0.25) is 4.79 Å². The van der Waals surface area contributed by atoms with E-state index in [9.17, 15) is 35.4 Å². The second-order valence-electron chi connectivity index (χ2n) is 6.15. The van der Waals surface area contributed by atoms with E-state index in [2.05, 4.69) is 0 Å². The van der Waals surface area contributed by atoms with Crippen molar-refractivity contribution in [3.8, 4) is 0 Å². The summed E-state index contributed by atoms with van der Waals surface area (Å²) in [6, 6.07) is 0. The fourth-order valence-electron chi connectivity index (χ4n) is 2.75. The van der Waals surface area contributed by atoms with Crippen LogP contribution in [0.25, 0.3) is 0 Å². The maximum Gasteiger partial charge on any atom is 0.302 e. The molecule has 0 amide bonds. The van der Waals surface area contributed by atoms with Gasteiger partial charge in [-0.2, -0.15) is 0 Å². The average molecular weight is 384 g/mol. The van der Waals surface area contributed by atoms with Crippen molar-refractivity contribution in [2.45, 2.75) is 68.3 Å². The van der Waals surface area contributed by atoms with Crippen LogP contribution in [-0.4, -0.2) is 116 Å². The Kier molecular flexibility index (Phi) is 7.27. The minimum absolute atomic E-state index is 0.436. The zero-order chi connectivity index (χ0) is 19.6. The van der Waals surface area contributed by atoms with Crippen molar-refractivity contribution >= 4 is 5.97 Å². The van der Waals surface area contributed by atoms with E-state index < -0.39 is 80.6 Å². The van der Waals surface area contributed by atoms with Crippen LogP contribution in [0.3, 0.4) is 0 Å². The molecule has 0 bridgehead atoms. The van der Waals surface area contributed by atoms with Gasteiger partial charge in [0.1, 0.15) is 55.4 Å². The molecule has 2 fully saturated rings. The van der Waals surface area contributed by atoms with Gasteiger partial charge in [0, 0.05) is 6.92 Å². The Labute approximate surface area is 148 Å². The molecule has 2 heterocycles. The van der Waals surface area contributed by atoms with Crippen LogP contribution in [0.15, 0.2) is 0 Å². The first kappa shape index (κ1) is 21.4. The van der Waals surface area contributed by atoms with Crippen molar-refractivity contribution in [1.29, 1.82) is 0 Å². The zero-order valence-corrected chi connectivity index (χ0v) is 13.9. The molecule has 0 aromatic carbocycles. The van der Waals surface area contributed by atoms with Crippen LogP contribution in [0.5, 0.6) is 0 Å². The minimum Gasteiger partial charge on any atom is -0.463 e. The first-order valence-electron chi connectivity index (χ1n) is 7.96. The van der Waals surface area contributed by atoms with Gasteiger partial charge < -0.3 is 54.7 Å². The van der Waals surface area contributed by atoms with Crippen LogP contribution in [0.1, 0.15) is 6.92 Å². The van der Waals surface area contributed by atoms with Gasteiger partial charge in [-0.05, 0) is 0 Å². The molecule has 0 radical (unpaired) electrons. The summed E-state index contributed by atoms with van der Waals surface area (Å²) in [7, 11) is 0. The molecule has 2 saturated heterocycles. The quantitative estimate of drug-likeness (QED) is 0.224. The molecule has 7 N–H and O–H groups in total. The molecule has 10 atom stereocenters. The molecule has 0 spiro atoms. The highest BCUT2D eigenvalue weighted by Gasteiger charge is 2.50. The van der Waals surface area contributed by atoms with E-state index >= 15 is 0 Å². The predicted octanol–water partition coefficient (Wildman–Crippen LogP) is -4.83. The number of hydrogen-bond donors (Lipinski definition) is 7. The Morgan fingerprint density at radius 3 is 2.12 bits per heavy atom. The third-order valence-electron chi connectivity index (χ3n) is 4.25. The third kappa shape index (κ3) is 4.48. The van der Waals surface area contributed by atoms with Crippen LogP contribution >= 0.6 is 0 Å². The van der Waals surface area contributed by atoms with Gasteiger partial charge in [-0.1, -0.05) is 0 Å². The molecule has 26 heavy (non-hydrogen) atoms. The fraction of sp³-hybridized carbons (Fsp3) is 0.929.